The molecule has 1 aromatic heterocycles. The molecule has 11 heavy (non-hydrogen) atoms. The minimum atomic E-state index is 0.0506. The third-order valence-corrected chi connectivity index (χ3v) is 2.14. The Morgan fingerprint density at radius 3 is 3.09 bits per heavy atom. The zero-order valence-electron chi connectivity index (χ0n) is 6.48. The van der Waals surface area contributed by atoms with E-state index in [4.69, 9.17) is 0 Å². The summed E-state index contributed by atoms with van der Waals surface area (Å²) in [7, 11) is 1.88. The van der Waals surface area contributed by atoms with E-state index in [9.17, 15) is 4.79 Å². The van der Waals surface area contributed by atoms with Crippen LogP contribution in [0.5, 0.6) is 0 Å². The number of hydrogen-bond acceptors (Lipinski definition) is 2. The number of aromatic nitrogens is 2. The third-order valence-electron chi connectivity index (χ3n) is 2.14. The fourth-order valence-corrected chi connectivity index (χ4v) is 1.54. The maximum atomic E-state index is 11.2. The minimum Gasteiger partial charge on any atom is -0.312 e. The van der Waals surface area contributed by atoms with Gasteiger partial charge in [-0.25, -0.2) is 0 Å². The maximum absolute atomic E-state index is 11.2. The van der Waals surface area contributed by atoms with Crippen LogP contribution in [0.25, 0.3) is 0 Å². The topological polar surface area (TPSA) is 49.8 Å². The lowest BCUT2D eigenvalue weighted by Crippen LogP contribution is -2.26. The number of rotatable bonds is 0. The van der Waals surface area contributed by atoms with E-state index in [0.29, 0.717) is 6.54 Å². The summed E-state index contributed by atoms with van der Waals surface area (Å²) in [5.41, 5.74) is 2.10. The fraction of sp³-hybridized carbons (Fsp3) is 0.571. The van der Waals surface area contributed by atoms with E-state index < -0.39 is 0 Å². The van der Waals surface area contributed by atoms with Crippen molar-refractivity contribution in [3.8, 4) is 0 Å². The molecule has 0 radical (unpaired) electrons. The summed E-state index contributed by atoms with van der Waals surface area (Å²) >= 11 is 0. The summed E-state index contributed by atoms with van der Waals surface area (Å²) < 4.78 is 1.82. The van der Waals surface area contributed by atoms with Gasteiger partial charge < -0.3 is 5.32 Å². The van der Waals surface area contributed by atoms with Gasteiger partial charge in [-0.05, 0) is 0 Å². The lowest BCUT2D eigenvalue weighted by Gasteiger charge is -2.12. The van der Waals surface area contributed by atoms with Gasteiger partial charge in [-0.1, -0.05) is 0 Å². The Labute approximate surface area is 64.2 Å². The quantitative estimate of drug-likeness (QED) is 0.521. The first-order valence-electron chi connectivity index (χ1n) is 3.76. The second-order valence-electron chi connectivity index (χ2n) is 2.85. The summed E-state index contributed by atoms with van der Waals surface area (Å²) in [6.07, 6.45) is 0.949. The SMILES string of the molecule is Cn1[nH]c(=O)c2c1CCNC2. The van der Waals surface area contributed by atoms with Crippen LogP contribution in [-0.4, -0.2) is 16.3 Å². The van der Waals surface area contributed by atoms with Crippen molar-refractivity contribution >= 4 is 0 Å². The molecule has 0 bridgehead atoms. The zero-order chi connectivity index (χ0) is 7.84. The summed E-state index contributed by atoms with van der Waals surface area (Å²) in [4.78, 5) is 11.2. The van der Waals surface area contributed by atoms with Gasteiger partial charge in [0, 0.05) is 32.3 Å². The Hall–Kier alpha value is -1.03. The van der Waals surface area contributed by atoms with Gasteiger partial charge >= 0.3 is 0 Å². The van der Waals surface area contributed by atoms with Crippen LogP contribution < -0.4 is 10.9 Å². The van der Waals surface area contributed by atoms with E-state index in [2.05, 4.69) is 10.4 Å². The minimum absolute atomic E-state index is 0.0506. The molecule has 2 heterocycles. The largest absolute Gasteiger partial charge is 0.312 e. The molecule has 0 aromatic carbocycles. The summed E-state index contributed by atoms with van der Waals surface area (Å²) in [6.45, 7) is 1.68. The standard InChI is InChI=1S/C7H11N3O/c1-10-6-2-3-8-4-5(6)7(11)9-10/h8H,2-4H2,1H3,(H,9,11). The molecule has 1 aliphatic heterocycles. The molecule has 0 spiro atoms. The maximum Gasteiger partial charge on any atom is 0.268 e. The van der Waals surface area contributed by atoms with Crippen molar-refractivity contribution in [3.63, 3.8) is 0 Å². The summed E-state index contributed by atoms with van der Waals surface area (Å²) in [6, 6.07) is 0. The van der Waals surface area contributed by atoms with Crippen LogP contribution in [0.1, 0.15) is 11.3 Å². The van der Waals surface area contributed by atoms with Crippen LogP contribution >= 0.6 is 0 Å². The average Bonchev–Trinajstić information content (AvgIpc) is 2.30. The van der Waals surface area contributed by atoms with Crippen LogP contribution in [0.3, 0.4) is 0 Å². The fourth-order valence-electron chi connectivity index (χ4n) is 1.54. The van der Waals surface area contributed by atoms with Crippen LogP contribution in [-0.2, 0) is 20.0 Å². The molecule has 1 aromatic rings. The van der Waals surface area contributed by atoms with Gasteiger partial charge in [-0.15, -0.1) is 0 Å². The number of nitrogens with zero attached hydrogens (tertiary/aromatic N) is 1. The molecular formula is C7H11N3O. The van der Waals surface area contributed by atoms with Gasteiger partial charge in [0.15, 0.2) is 0 Å². The predicted octanol–water partition coefficient (Wildman–Crippen LogP) is -0.641. The van der Waals surface area contributed by atoms with Gasteiger partial charge in [0.25, 0.3) is 5.56 Å². The molecule has 0 saturated carbocycles. The first-order chi connectivity index (χ1) is 5.29. The molecule has 0 fully saturated rings. The highest BCUT2D eigenvalue weighted by atomic mass is 16.1. The van der Waals surface area contributed by atoms with Gasteiger partial charge in [-0.3, -0.25) is 14.6 Å². The van der Waals surface area contributed by atoms with Gasteiger partial charge in [-0.2, -0.15) is 0 Å². The first kappa shape index (κ1) is 6.67. The van der Waals surface area contributed by atoms with Crippen molar-refractivity contribution in [1.29, 1.82) is 0 Å². The van der Waals surface area contributed by atoms with Crippen molar-refractivity contribution in [2.45, 2.75) is 13.0 Å². The van der Waals surface area contributed by atoms with E-state index in [1.54, 1.807) is 0 Å². The Kier molecular flexibility index (Phi) is 1.35. The second kappa shape index (κ2) is 2.23. The number of fused-ring (bicyclic) bond motifs is 1. The number of aryl methyl sites for hydroxylation is 1. The second-order valence-corrected chi connectivity index (χ2v) is 2.85. The van der Waals surface area contributed by atoms with E-state index in [-0.39, 0.29) is 5.56 Å². The number of hydrogen-bond donors (Lipinski definition) is 2. The van der Waals surface area contributed by atoms with Crippen LogP contribution in [0, 0.1) is 0 Å². The molecule has 1 aliphatic rings. The molecule has 0 atom stereocenters. The summed E-state index contributed by atoms with van der Waals surface area (Å²) in [5.74, 6) is 0. The molecule has 2 N–H and O–H groups in total. The normalized spacial score (nSPS) is 16.5. The molecular weight excluding hydrogens is 142 g/mol. The average molecular weight is 153 g/mol. The highest BCUT2D eigenvalue weighted by Crippen LogP contribution is 2.06. The monoisotopic (exact) mass is 153 g/mol. The Bertz CT molecular complexity index is 323. The van der Waals surface area contributed by atoms with Crippen molar-refractivity contribution in [2.24, 2.45) is 7.05 Å². The van der Waals surface area contributed by atoms with Crippen molar-refractivity contribution in [2.75, 3.05) is 6.54 Å². The Morgan fingerprint density at radius 2 is 2.36 bits per heavy atom. The van der Waals surface area contributed by atoms with E-state index in [1.165, 1.54) is 0 Å². The number of nitrogens with one attached hydrogen (secondary N) is 2. The third kappa shape index (κ3) is 0.903. The van der Waals surface area contributed by atoms with Crippen molar-refractivity contribution in [1.82, 2.24) is 15.1 Å². The van der Waals surface area contributed by atoms with Crippen LogP contribution in [0.4, 0.5) is 0 Å². The first-order valence-corrected chi connectivity index (χ1v) is 3.76. The highest BCUT2D eigenvalue weighted by Gasteiger charge is 2.15. The lowest BCUT2D eigenvalue weighted by molar-refractivity contribution is 0.604. The van der Waals surface area contributed by atoms with Crippen molar-refractivity contribution in [3.05, 3.63) is 21.6 Å². The van der Waals surface area contributed by atoms with E-state index >= 15 is 0 Å². The number of aromatic amines is 1. The van der Waals surface area contributed by atoms with Crippen LogP contribution in [0.2, 0.25) is 0 Å². The predicted molar refractivity (Wildman–Crippen MR) is 41.4 cm³/mol. The Balaban J connectivity index is 2.61. The molecule has 4 nitrogen and oxygen atoms in total. The van der Waals surface area contributed by atoms with Crippen molar-refractivity contribution < 1.29 is 0 Å². The summed E-state index contributed by atoms with van der Waals surface area (Å²) in [5, 5.41) is 5.90. The zero-order valence-corrected chi connectivity index (χ0v) is 6.48. The molecule has 0 saturated heterocycles. The van der Waals surface area contributed by atoms with Gasteiger partial charge in [0.2, 0.25) is 0 Å². The van der Waals surface area contributed by atoms with Gasteiger partial charge in [0.05, 0.1) is 5.56 Å². The highest BCUT2D eigenvalue weighted by molar-refractivity contribution is 5.20. The smallest absolute Gasteiger partial charge is 0.268 e. The Morgan fingerprint density at radius 1 is 1.55 bits per heavy atom. The molecule has 4 heteroatoms. The van der Waals surface area contributed by atoms with E-state index in [1.807, 2.05) is 11.7 Å². The van der Waals surface area contributed by atoms with Crippen LogP contribution in [0.15, 0.2) is 4.79 Å². The molecule has 0 aliphatic carbocycles. The molecule has 0 unspecified atom stereocenters. The molecule has 0 amide bonds. The van der Waals surface area contributed by atoms with Gasteiger partial charge in [0.1, 0.15) is 0 Å². The number of H-pyrrole nitrogens is 1. The molecule has 2 rings (SSSR count). The lowest BCUT2D eigenvalue weighted by atomic mass is 10.1. The van der Waals surface area contributed by atoms with E-state index in [0.717, 1.165) is 24.2 Å². The molecule has 60 valence electrons.